The Balaban J connectivity index is 1.95. The average Bonchev–Trinajstić information content (AvgIpc) is 3.40. The molecule has 1 aliphatic carbocycles. The van der Waals surface area contributed by atoms with Gasteiger partial charge in [-0.3, -0.25) is 4.79 Å². The fourth-order valence-electron chi connectivity index (χ4n) is 2.86. The number of halogens is 2. The minimum atomic E-state index is 0.0542. The molecule has 0 N–H and O–H groups in total. The Morgan fingerprint density at radius 1 is 1.33 bits per heavy atom. The maximum Gasteiger partial charge on any atom is 0.225 e. The van der Waals surface area contributed by atoms with E-state index in [1.54, 1.807) is 6.07 Å². The van der Waals surface area contributed by atoms with Crippen LogP contribution in [0.2, 0.25) is 10.0 Å². The minimum Gasteiger partial charge on any atom is -0.335 e. The number of hydrogen-bond donors (Lipinski definition) is 0. The molecule has 1 amide bonds. The smallest absolute Gasteiger partial charge is 0.225 e. The molecule has 0 saturated heterocycles. The molecule has 1 unspecified atom stereocenters. The van der Waals surface area contributed by atoms with Crippen molar-refractivity contribution in [2.45, 2.75) is 65.0 Å². The Morgan fingerprint density at radius 3 is 2.75 bits per heavy atom. The van der Waals surface area contributed by atoms with E-state index in [4.69, 9.17) is 23.2 Å². The molecule has 132 valence electrons. The lowest BCUT2D eigenvalue weighted by molar-refractivity contribution is -0.136. The van der Waals surface area contributed by atoms with Crippen molar-refractivity contribution in [3.05, 3.63) is 46.0 Å². The van der Waals surface area contributed by atoms with E-state index in [2.05, 4.69) is 19.1 Å². The molecule has 2 nitrogen and oxygen atoms in total. The van der Waals surface area contributed by atoms with Crippen LogP contribution in [-0.4, -0.2) is 16.8 Å². The van der Waals surface area contributed by atoms with E-state index in [9.17, 15) is 4.79 Å². The van der Waals surface area contributed by atoms with E-state index in [0.29, 0.717) is 22.6 Å². The predicted octanol–water partition coefficient (Wildman–Crippen LogP) is 6.26. The molecular formula is C20H27Cl2NO. The summed E-state index contributed by atoms with van der Waals surface area (Å²) < 4.78 is 0. The molecular weight excluding hydrogens is 341 g/mol. The predicted molar refractivity (Wildman–Crippen MR) is 102 cm³/mol. The Morgan fingerprint density at radius 2 is 2.08 bits per heavy atom. The lowest BCUT2D eigenvalue weighted by atomic mass is 10.0. The van der Waals surface area contributed by atoms with Crippen LogP contribution in [0, 0.1) is 5.92 Å². The molecule has 0 radical (unpaired) electrons. The van der Waals surface area contributed by atoms with Crippen molar-refractivity contribution in [2.75, 3.05) is 0 Å². The molecule has 0 spiro atoms. The Bertz CT molecular complexity index is 581. The number of carbonyl (C=O) groups is 1. The van der Waals surface area contributed by atoms with Crippen molar-refractivity contribution in [2.24, 2.45) is 5.92 Å². The van der Waals surface area contributed by atoms with Gasteiger partial charge in [0.05, 0.1) is 10.0 Å². The van der Waals surface area contributed by atoms with Crippen LogP contribution in [0.5, 0.6) is 0 Å². The van der Waals surface area contributed by atoms with Crippen molar-refractivity contribution in [1.29, 1.82) is 0 Å². The summed E-state index contributed by atoms with van der Waals surface area (Å²) >= 11 is 12.4. The van der Waals surface area contributed by atoms with Crippen molar-refractivity contribution in [3.63, 3.8) is 0 Å². The van der Waals surface area contributed by atoms with E-state index in [1.165, 1.54) is 0 Å². The third kappa shape index (κ3) is 5.53. The van der Waals surface area contributed by atoms with Crippen LogP contribution in [0.3, 0.4) is 0 Å². The number of hydrogen-bond acceptors (Lipinski definition) is 1. The number of amides is 1. The van der Waals surface area contributed by atoms with E-state index >= 15 is 0 Å². The highest BCUT2D eigenvalue weighted by molar-refractivity contribution is 6.42. The van der Waals surface area contributed by atoms with E-state index in [-0.39, 0.29) is 11.8 Å². The average molecular weight is 368 g/mol. The van der Waals surface area contributed by atoms with Gasteiger partial charge in [-0.1, -0.05) is 61.3 Å². The lowest BCUT2D eigenvalue weighted by Gasteiger charge is -2.26. The summed E-state index contributed by atoms with van der Waals surface area (Å²) in [6, 6.07) is 6.00. The van der Waals surface area contributed by atoms with E-state index in [1.807, 2.05) is 24.0 Å². The van der Waals surface area contributed by atoms with Gasteiger partial charge in [0.1, 0.15) is 0 Å². The second-order valence-electron chi connectivity index (χ2n) is 6.62. The fourth-order valence-corrected chi connectivity index (χ4v) is 3.24. The second-order valence-corrected chi connectivity index (χ2v) is 7.41. The number of allylic oxidation sites excluding steroid dienone is 2. The van der Waals surface area contributed by atoms with Gasteiger partial charge in [0.15, 0.2) is 0 Å². The molecule has 1 aliphatic rings. The maximum atomic E-state index is 12.9. The highest BCUT2D eigenvalue weighted by Crippen LogP contribution is 2.33. The van der Waals surface area contributed by atoms with Gasteiger partial charge in [-0.15, -0.1) is 0 Å². The van der Waals surface area contributed by atoms with Gasteiger partial charge in [0.2, 0.25) is 5.91 Å². The summed E-state index contributed by atoms with van der Waals surface area (Å²) in [6.45, 7) is 4.74. The first-order chi connectivity index (χ1) is 11.5. The lowest BCUT2D eigenvalue weighted by Crippen LogP contribution is -2.36. The van der Waals surface area contributed by atoms with Crippen molar-refractivity contribution in [3.8, 4) is 0 Å². The molecule has 1 fully saturated rings. The largest absolute Gasteiger partial charge is 0.335 e. The minimum absolute atomic E-state index is 0.0542. The van der Waals surface area contributed by atoms with Gasteiger partial charge < -0.3 is 4.90 Å². The van der Waals surface area contributed by atoms with Gasteiger partial charge in [0.25, 0.3) is 0 Å². The summed E-state index contributed by atoms with van der Waals surface area (Å²) in [7, 11) is 0. The van der Waals surface area contributed by atoms with E-state index < -0.39 is 0 Å². The van der Waals surface area contributed by atoms with Crippen LogP contribution < -0.4 is 0 Å². The molecule has 24 heavy (non-hydrogen) atoms. The molecule has 1 aromatic rings. The first kappa shape index (κ1) is 19.3. The summed E-state index contributed by atoms with van der Waals surface area (Å²) in [4.78, 5) is 14.9. The van der Waals surface area contributed by atoms with Crippen LogP contribution in [0.1, 0.15) is 57.9 Å². The third-order valence-corrected chi connectivity index (χ3v) is 5.33. The highest BCUT2D eigenvalue weighted by atomic mass is 35.5. The van der Waals surface area contributed by atoms with Gasteiger partial charge in [-0.2, -0.15) is 0 Å². The van der Waals surface area contributed by atoms with Crippen LogP contribution in [-0.2, 0) is 11.3 Å². The van der Waals surface area contributed by atoms with E-state index in [0.717, 1.165) is 44.1 Å². The Kier molecular flexibility index (Phi) is 7.64. The van der Waals surface area contributed by atoms with Gasteiger partial charge in [-0.05, 0) is 50.2 Å². The van der Waals surface area contributed by atoms with Crippen molar-refractivity contribution in [1.82, 2.24) is 4.90 Å². The molecule has 0 heterocycles. The number of carbonyl (C=O) groups excluding carboxylic acids is 1. The Labute approximate surface area is 155 Å². The zero-order valence-corrected chi connectivity index (χ0v) is 16.1. The molecule has 2 rings (SSSR count). The standard InChI is InChI=1S/C20H27Cl2NO/c1-3-4-5-6-7-9-15(2)20(24)23(17-12-13-17)14-16-10-8-11-18(21)19(16)22/h4-5,8,10-11,15,17H,3,6-7,9,12-14H2,1-2H3. The van der Waals surface area contributed by atoms with Crippen molar-refractivity contribution < 1.29 is 4.79 Å². The molecule has 1 aromatic carbocycles. The van der Waals surface area contributed by atoms with Gasteiger partial charge in [-0.25, -0.2) is 0 Å². The number of rotatable bonds is 9. The SMILES string of the molecule is CCC=CCCCC(C)C(=O)N(Cc1cccc(Cl)c1Cl)C1CC1. The molecule has 1 atom stereocenters. The first-order valence-electron chi connectivity index (χ1n) is 8.93. The van der Waals surface area contributed by atoms with Crippen molar-refractivity contribution >= 4 is 29.1 Å². The molecule has 0 aliphatic heterocycles. The quantitative estimate of drug-likeness (QED) is 0.372. The Hall–Kier alpha value is -0.990. The molecule has 0 aromatic heterocycles. The summed E-state index contributed by atoms with van der Waals surface area (Å²) in [5.74, 6) is 0.298. The van der Waals surface area contributed by atoms with Crippen LogP contribution in [0.15, 0.2) is 30.4 Å². The monoisotopic (exact) mass is 367 g/mol. The zero-order valence-electron chi connectivity index (χ0n) is 14.6. The second kappa shape index (κ2) is 9.48. The zero-order chi connectivity index (χ0) is 17.5. The molecule has 4 heteroatoms. The normalized spacial score (nSPS) is 15.7. The highest BCUT2D eigenvalue weighted by Gasteiger charge is 2.34. The third-order valence-electron chi connectivity index (χ3n) is 4.47. The summed E-state index contributed by atoms with van der Waals surface area (Å²) in [6.07, 6.45) is 10.7. The fraction of sp³-hybridized carbons (Fsp3) is 0.550. The van der Waals surface area contributed by atoms with Gasteiger partial charge in [0, 0.05) is 18.5 Å². The number of nitrogens with zero attached hydrogens (tertiary/aromatic N) is 1. The van der Waals surface area contributed by atoms with Gasteiger partial charge >= 0.3 is 0 Å². The van der Waals surface area contributed by atoms with Crippen LogP contribution in [0.25, 0.3) is 0 Å². The molecule has 0 bridgehead atoms. The van der Waals surface area contributed by atoms with Crippen LogP contribution >= 0.6 is 23.2 Å². The van der Waals surface area contributed by atoms with Crippen LogP contribution in [0.4, 0.5) is 0 Å². The number of unbranched alkanes of at least 4 members (excludes halogenated alkanes) is 1. The summed E-state index contributed by atoms with van der Waals surface area (Å²) in [5, 5.41) is 1.11. The molecule has 1 saturated carbocycles. The maximum absolute atomic E-state index is 12.9. The first-order valence-corrected chi connectivity index (χ1v) is 9.68. The number of benzene rings is 1. The summed E-state index contributed by atoms with van der Waals surface area (Å²) in [5.41, 5.74) is 0.933. The topological polar surface area (TPSA) is 20.3 Å².